The predicted octanol–water partition coefficient (Wildman–Crippen LogP) is 2.24. The Kier molecular flexibility index (Phi) is 5.99. The minimum Gasteiger partial charge on any atom is -0.493 e. The quantitative estimate of drug-likeness (QED) is 0.603. The molecule has 9 nitrogen and oxygen atoms in total. The lowest BCUT2D eigenvalue weighted by Crippen LogP contribution is -2.42. The van der Waals surface area contributed by atoms with E-state index in [1.807, 2.05) is 0 Å². The molecule has 1 N–H and O–H groups in total. The Balaban J connectivity index is 1.36. The van der Waals surface area contributed by atoms with Crippen molar-refractivity contribution >= 4 is 34.3 Å². The molecule has 1 aliphatic heterocycles. The summed E-state index contributed by atoms with van der Waals surface area (Å²) in [5.74, 6) is 0.149. The van der Waals surface area contributed by atoms with Crippen LogP contribution >= 0.6 is 11.5 Å². The Hall–Kier alpha value is -3.27. The number of hydrogen-bond donors (Lipinski definition) is 1. The van der Waals surface area contributed by atoms with Gasteiger partial charge in [0.2, 0.25) is 0 Å². The summed E-state index contributed by atoms with van der Waals surface area (Å²) in [7, 11) is 1.49. The molecular weight excluding hydrogens is 420 g/mol. The average molecular weight is 442 g/mol. The van der Waals surface area contributed by atoms with Gasteiger partial charge < -0.3 is 19.4 Å². The van der Waals surface area contributed by atoms with Gasteiger partial charge in [-0.15, -0.1) is 5.10 Å². The number of carbonyl (C=O) groups excluding carboxylic acids is 2. The number of likely N-dealkylation sites (tertiary alicyclic amines) is 1. The van der Waals surface area contributed by atoms with Gasteiger partial charge in [0.1, 0.15) is 10.4 Å². The predicted molar refractivity (Wildman–Crippen MR) is 115 cm³/mol. The SMILES string of the molecule is COc1cccc2cc(C(=O)NCC3CCN(C(=O)c4snnc4C)CC3)c(=O)oc12. The highest BCUT2D eigenvalue weighted by molar-refractivity contribution is 7.07. The number of methoxy groups -OCH3 is 1. The molecule has 0 aliphatic carbocycles. The van der Waals surface area contributed by atoms with Gasteiger partial charge >= 0.3 is 5.63 Å². The highest BCUT2D eigenvalue weighted by Gasteiger charge is 2.26. The second-order valence-electron chi connectivity index (χ2n) is 7.46. The molecular formula is C21H22N4O5S. The number of aromatic nitrogens is 2. The fourth-order valence-electron chi connectivity index (χ4n) is 3.68. The summed E-state index contributed by atoms with van der Waals surface area (Å²) in [5, 5.41) is 7.34. The van der Waals surface area contributed by atoms with Crippen molar-refractivity contribution in [3.8, 4) is 5.75 Å². The summed E-state index contributed by atoms with van der Waals surface area (Å²) in [6.45, 7) is 3.42. The van der Waals surface area contributed by atoms with E-state index in [0.29, 0.717) is 46.9 Å². The maximum atomic E-state index is 12.6. The van der Waals surface area contributed by atoms with Crippen molar-refractivity contribution in [2.75, 3.05) is 26.7 Å². The molecule has 10 heteroatoms. The number of hydrogen-bond acceptors (Lipinski definition) is 8. The van der Waals surface area contributed by atoms with Crippen LogP contribution in [0, 0.1) is 12.8 Å². The normalized spacial score (nSPS) is 14.6. The van der Waals surface area contributed by atoms with Crippen molar-refractivity contribution in [1.82, 2.24) is 19.8 Å². The van der Waals surface area contributed by atoms with Gasteiger partial charge in [0.05, 0.1) is 12.8 Å². The van der Waals surface area contributed by atoms with E-state index >= 15 is 0 Å². The van der Waals surface area contributed by atoms with Gasteiger partial charge in [0.15, 0.2) is 11.3 Å². The van der Waals surface area contributed by atoms with Crippen molar-refractivity contribution in [3.63, 3.8) is 0 Å². The first-order valence-corrected chi connectivity index (χ1v) is 10.7. The largest absolute Gasteiger partial charge is 0.493 e. The molecule has 1 fully saturated rings. The molecule has 2 aromatic heterocycles. The number of para-hydroxylation sites is 1. The number of nitrogens with one attached hydrogen (secondary N) is 1. The van der Waals surface area contributed by atoms with Crippen molar-refractivity contribution in [2.45, 2.75) is 19.8 Å². The van der Waals surface area contributed by atoms with E-state index in [2.05, 4.69) is 14.9 Å². The lowest BCUT2D eigenvalue weighted by molar-refractivity contribution is 0.0688. The summed E-state index contributed by atoms with van der Waals surface area (Å²) in [5.41, 5.74) is 0.219. The molecule has 3 aromatic rings. The Morgan fingerprint density at radius 3 is 2.77 bits per heavy atom. The van der Waals surface area contributed by atoms with Gasteiger partial charge in [0.25, 0.3) is 11.8 Å². The van der Waals surface area contributed by atoms with Crippen LogP contribution in [0.1, 0.15) is 38.6 Å². The zero-order valence-corrected chi connectivity index (χ0v) is 18.0. The summed E-state index contributed by atoms with van der Waals surface area (Å²) in [6, 6.07) is 6.73. The fourth-order valence-corrected chi connectivity index (χ4v) is 4.31. The molecule has 0 radical (unpaired) electrons. The van der Waals surface area contributed by atoms with Gasteiger partial charge in [-0.3, -0.25) is 9.59 Å². The minimum atomic E-state index is -0.705. The number of nitrogens with zero attached hydrogens (tertiary/aromatic N) is 3. The fraction of sp³-hybridized carbons (Fsp3) is 0.381. The molecule has 1 aliphatic rings. The lowest BCUT2D eigenvalue weighted by atomic mass is 9.96. The number of fused-ring (bicyclic) bond motifs is 1. The first kappa shape index (κ1) is 21.0. The maximum absolute atomic E-state index is 12.6. The molecule has 0 atom stereocenters. The van der Waals surface area contributed by atoms with Crippen LogP contribution in [-0.4, -0.2) is 53.0 Å². The van der Waals surface area contributed by atoms with E-state index in [4.69, 9.17) is 9.15 Å². The van der Waals surface area contributed by atoms with Gasteiger partial charge in [-0.2, -0.15) is 0 Å². The summed E-state index contributed by atoms with van der Waals surface area (Å²) in [4.78, 5) is 39.8. The van der Waals surface area contributed by atoms with Crippen LogP contribution < -0.4 is 15.7 Å². The van der Waals surface area contributed by atoms with E-state index in [-0.39, 0.29) is 17.4 Å². The summed E-state index contributed by atoms with van der Waals surface area (Å²) in [6.07, 6.45) is 1.53. The van der Waals surface area contributed by atoms with Crippen molar-refractivity contribution in [2.24, 2.45) is 5.92 Å². The number of piperidine rings is 1. The van der Waals surface area contributed by atoms with Crippen LogP contribution in [0.15, 0.2) is 33.5 Å². The van der Waals surface area contributed by atoms with Crippen molar-refractivity contribution < 1.29 is 18.7 Å². The average Bonchev–Trinajstić information content (AvgIpc) is 3.22. The number of rotatable bonds is 5. The number of aryl methyl sites for hydroxylation is 1. The molecule has 162 valence electrons. The molecule has 1 aromatic carbocycles. The maximum Gasteiger partial charge on any atom is 0.349 e. The Labute approximate surface area is 182 Å². The van der Waals surface area contributed by atoms with Crippen LogP contribution in [0.3, 0.4) is 0 Å². The van der Waals surface area contributed by atoms with Gasteiger partial charge in [0, 0.05) is 25.0 Å². The highest BCUT2D eigenvalue weighted by Crippen LogP contribution is 2.24. The highest BCUT2D eigenvalue weighted by atomic mass is 32.1. The van der Waals surface area contributed by atoms with Crippen LogP contribution in [0.5, 0.6) is 5.75 Å². The topological polar surface area (TPSA) is 115 Å². The molecule has 1 saturated heterocycles. The molecule has 31 heavy (non-hydrogen) atoms. The first-order valence-electron chi connectivity index (χ1n) is 9.95. The Morgan fingerprint density at radius 2 is 2.10 bits per heavy atom. The number of benzene rings is 1. The van der Waals surface area contributed by atoms with Crippen LogP contribution in [-0.2, 0) is 0 Å². The lowest BCUT2D eigenvalue weighted by Gasteiger charge is -2.31. The first-order chi connectivity index (χ1) is 15.0. The third-order valence-corrected chi connectivity index (χ3v) is 6.30. The molecule has 0 saturated carbocycles. The molecule has 0 spiro atoms. The standard InChI is InChI=1S/C21H22N4O5S/c1-12-18(31-24-23-12)20(27)25-8-6-13(7-9-25)11-22-19(26)15-10-14-4-3-5-16(29-2)17(14)30-21(15)28/h3-5,10,13H,6-9,11H2,1-2H3,(H,22,26). The van der Waals surface area contributed by atoms with E-state index in [0.717, 1.165) is 24.4 Å². The van der Waals surface area contributed by atoms with Crippen molar-refractivity contribution in [3.05, 3.63) is 50.8 Å². The number of ether oxygens (including phenoxy) is 1. The monoisotopic (exact) mass is 442 g/mol. The Bertz CT molecular complexity index is 1180. The summed E-state index contributed by atoms with van der Waals surface area (Å²) >= 11 is 1.11. The van der Waals surface area contributed by atoms with E-state index in [1.54, 1.807) is 30.0 Å². The second kappa shape index (κ2) is 8.84. The molecule has 0 bridgehead atoms. The zero-order valence-electron chi connectivity index (χ0n) is 17.2. The number of amides is 2. The number of carbonyl (C=O) groups is 2. The van der Waals surface area contributed by atoms with E-state index < -0.39 is 11.5 Å². The van der Waals surface area contributed by atoms with Crippen LogP contribution in [0.4, 0.5) is 0 Å². The van der Waals surface area contributed by atoms with Gasteiger partial charge in [-0.1, -0.05) is 16.6 Å². The molecule has 3 heterocycles. The molecule has 2 amide bonds. The smallest absolute Gasteiger partial charge is 0.349 e. The van der Waals surface area contributed by atoms with Crippen LogP contribution in [0.25, 0.3) is 11.0 Å². The third kappa shape index (κ3) is 4.29. The Morgan fingerprint density at radius 1 is 1.32 bits per heavy atom. The van der Waals surface area contributed by atoms with E-state index in [1.165, 1.54) is 13.2 Å². The van der Waals surface area contributed by atoms with Crippen molar-refractivity contribution in [1.29, 1.82) is 0 Å². The minimum absolute atomic E-state index is 0.0402. The van der Waals surface area contributed by atoms with Gasteiger partial charge in [-0.25, -0.2) is 4.79 Å². The van der Waals surface area contributed by atoms with Crippen LogP contribution in [0.2, 0.25) is 0 Å². The zero-order chi connectivity index (χ0) is 22.0. The van der Waals surface area contributed by atoms with E-state index in [9.17, 15) is 14.4 Å². The van der Waals surface area contributed by atoms with Gasteiger partial charge in [-0.05, 0) is 49.3 Å². The summed E-state index contributed by atoms with van der Waals surface area (Å²) < 4.78 is 14.3. The second-order valence-corrected chi connectivity index (χ2v) is 8.21. The molecule has 4 rings (SSSR count). The molecule has 0 unspecified atom stereocenters. The third-order valence-electron chi connectivity index (χ3n) is 5.49.